The van der Waals surface area contributed by atoms with Crippen LogP contribution >= 0.6 is 0 Å². The standard InChI is InChI=1S/C17H17N5/c18-10-11-1-4-14-15(9-11)21-16(12-5-7-19-8-6-12)17(22-14)20-13-2-3-13/h1,4-5,9,13,19H,2-3,6-8H2,(H,20,22). The van der Waals surface area contributed by atoms with E-state index in [0.717, 1.165) is 42.1 Å². The second kappa shape index (κ2) is 5.39. The van der Waals surface area contributed by atoms with Gasteiger partial charge in [-0.15, -0.1) is 0 Å². The smallest absolute Gasteiger partial charge is 0.153 e. The van der Waals surface area contributed by atoms with Crippen molar-refractivity contribution in [3.05, 3.63) is 35.5 Å². The number of hydrogen-bond acceptors (Lipinski definition) is 5. The quantitative estimate of drug-likeness (QED) is 0.908. The van der Waals surface area contributed by atoms with Crippen LogP contribution in [0.5, 0.6) is 0 Å². The van der Waals surface area contributed by atoms with Gasteiger partial charge < -0.3 is 10.6 Å². The number of nitrogens with one attached hydrogen (secondary N) is 2. The Morgan fingerprint density at radius 3 is 2.86 bits per heavy atom. The summed E-state index contributed by atoms with van der Waals surface area (Å²) >= 11 is 0. The Bertz CT molecular complexity index is 799. The normalized spacial score (nSPS) is 17.9. The Morgan fingerprint density at radius 1 is 1.23 bits per heavy atom. The zero-order chi connectivity index (χ0) is 14.9. The van der Waals surface area contributed by atoms with E-state index in [-0.39, 0.29) is 0 Å². The van der Waals surface area contributed by atoms with Crippen LogP contribution in [0.25, 0.3) is 16.6 Å². The van der Waals surface area contributed by atoms with Crippen LogP contribution in [0.15, 0.2) is 24.3 Å². The molecule has 2 aromatic rings. The van der Waals surface area contributed by atoms with Crippen LogP contribution in [-0.4, -0.2) is 29.1 Å². The van der Waals surface area contributed by atoms with Gasteiger partial charge in [-0.05, 0) is 49.6 Å². The molecule has 110 valence electrons. The molecule has 1 aliphatic carbocycles. The van der Waals surface area contributed by atoms with Gasteiger partial charge >= 0.3 is 0 Å². The van der Waals surface area contributed by atoms with E-state index in [0.29, 0.717) is 11.6 Å². The van der Waals surface area contributed by atoms with Gasteiger partial charge in [-0.2, -0.15) is 5.26 Å². The molecule has 22 heavy (non-hydrogen) atoms. The van der Waals surface area contributed by atoms with Crippen LogP contribution in [0.2, 0.25) is 0 Å². The molecule has 1 saturated carbocycles. The van der Waals surface area contributed by atoms with Crippen LogP contribution in [0.3, 0.4) is 0 Å². The Labute approximate surface area is 129 Å². The molecule has 1 fully saturated rings. The summed E-state index contributed by atoms with van der Waals surface area (Å²) in [5.74, 6) is 0.882. The zero-order valence-corrected chi connectivity index (χ0v) is 12.3. The van der Waals surface area contributed by atoms with Crippen LogP contribution in [0, 0.1) is 11.3 Å². The van der Waals surface area contributed by atoms with E-state index in [1.807, 2.05) is 12.1 Å². The minimum absolute atomic E-state index is 0.534. The van der Waals surface area contributed by atoms with Crippen molar-refractivity contribution in [2.75, 3.05) is 18.4 Å². The maximum atomic E-state index is 9.07. The molecule has 2 N–H and O–H groups in total. The summed E-state index contributed by atoms with van der Waals surface area (Å²) in [6.07, 6.45) is 5.54. The molecule has 4 rings (SSSR count). The number of anilines is 1. The van der Waals surface area contributed by atoms with Gasteiger partial charge in [0.2, 0.25) is 0 Å². The molecule has 0 radical (unpaired) electrons. The lowest BCUT2D eigenvalue weighted by molar-refractivity contribution is 0.737. The van der Waals surface area contributed by atoms with Gasteiger partial charge in [0.1, 0.15) is 5.69 Å². The Balaban J connectivity index is 1.85. The highest BCUT2D eigenvalue weighted by atomic mass is 15.1. The molecule has 0 amide bonds. The summed E-state index contributed by atoms with van der Waals surface area (Å²) in [7, 11) is 0. The van der Waals surface area contributed by atoms with Crippen LogP contribution in [0.1, 0.15) is 30.5 Å². The monoisotopic (exact) mass is 291 g/mol. The first-order valence-electron chi connectivity index (χ1n) is 7.72. The highest BCUT2D eigenvalue weighted by Crippen LogP contribution is 2.31. The van der Waals surface area contributed by atoms with Gasteiger partial charge in [0.15, 0.2) is 5.82 Å². The molecule has 0 saturated heterocycles. The third-order valence-electron chi connectivity index (χ3n) is 4.08. The second-order valence-electron chi connectivity index (χ2n) is 5.84. The lowest BCUT2D eigenvalue weighted by Gasteiger charge is -2.17. The molecular weight excluding hydrogens is 274 g/mol. The van der Waals surface area contributed by atoms with Crippen molar-refractivity contribution in [1.29, 1.82) is 5.26 Å². The fourth-order valence-corrected chi connectivity index (χ4v) is 2.71. The second-order valence-corrected chi connectivity index (χ2v) is 5.84. The molecule has 0 unspecified atom stereocenters. The van der Waals surface area contributed by atoms with Crippen molar-refractivity contribution in [3.63, 3.8) is 0 Å². The lowest BCUT2D eigenvalue weighted by atomic mass is 10.0. The van der Waals surface area contributed by atoms with E-state index < -0.39 is 0 Å². The summed E-state index contributed by atoms with van der Waals surface area (Å²) in [5.41, 5.74) is 4.42. The molecule has 1 aromatic heterocycles. The first-order valence-corrected chi connectivity index (χ1v) is 7.72. The molecule has 5 heteroatoms. The van der Waals surface area contributed by atoms with Crippen molar-refractivity contribution >= 4 is 22.4 Å². The summed E-state index contributed by atoms with van der Waals surface area (Å²) < 4.78 is 0. The molecule has 0 bridgehead atoms. The molecule has 1 aromatic carbocycles. The number of nitriles is 1. The van der Waals surface area contributed by atoms with E-state index in [9.17, 15) is 0 Å². The van der Waals surface area contributed by atoms with Gasteiger partial charge in [0.05, 0.1) is 22.7 Å². The van der Waals surface area contributed by atoms with Crippen molar-refractivity contribution in [2.45, 2.75) is 25.3 Å². The SMILES string of the molecule is N#Cc1ccc2nc(NC3CC3)c(C3=CCNCC3)nc2c1. The number of benzene rings is 1. The number of aromatic nitrogens is 2. The summed E-state index contributed by atoms with van der Waals surface area (Å²) in [4.78, 5) is 9.58. The van der Waals surface area contributed by atoms with E-state index in [2.05, 4.69) is 22.8 Å². The van der Waals surface area contributed by atoms with Crippen LogP contribution in [-0.2, 0) is 0 Å². The highest BCUT2D eigenvalue weighted by molar-refractivity contribution is 5.83. The minimum atomic E-state index is 0.534. The average Bonchev–Trinajstić information content (AvgIpc) is 3.38. The maximum absolute atomic E-state index is 9.07. The number of nitrogens with zero attached hydrogens (tertiary/aromatic N) is 3. The van der Waals surface area contributed by atoms with Crippen molar-refractivity contribution in [3.8, 4) is 6.07 Å². The Hall–Kier alpha value is -2.45. The topological polar surface area (TPSA) is 73.6 Å². The molecule has 1 aliphatic heterocycles. The molecule has 0 atom stereocenters. The molecule has 2 aliphatic rings. The highest BCUT2D eigenvalue weighted by Gasteiger charge is 2.24. The molecule has 5 nitrogen and oxygen atoms in total. The fourth-order valence-electron chi connectivity index (χ4n) is 2.71. The maximum Gasteiger partial charge on any atom is 0.153 e. The first-order chi connectivity index (χ1) is 10.8. The first kappa shape index (κ1) is 13.2. The third-order valence-corrected chi connectivity index (χ3v) is 4.08. The Morgan fingerprint density at radius 2 is 2.14 bits per heavy atom. The summed E-state index contributed by atoms with van der Waals surface area (Å²) in [6, 6.07) is 8.18. The summed E-state index contributed by atoms with van der Waals surface area (Å²) in [5, 5.41) is 15.9. The lowest BCUT2D eigenvalue weighted by Crippen LogP contribution is -2.21. The molecule has 0 spiro atoms. The van der Waals surface area contributed by atoms with Crippen molar-refractivity contribution in [1.82, 2.24) is 15.3 Å². The minimum Gasteiger partial charge on any atom is -0.366 e. The van der Waals surface area contributed by atoms with E-state index in [1.165, 1.54) is 18.4 Å². The number of hydrogen-bond donors (Lipinski definition) is 2. The van der Waals surface area contributed by atoms with E-state index >= 15 is 0 Å². The van der Waals surface area contributed by atoms with E-state index in [4.69, 9.17) is 15.2 Å². The molecule has 2 heterocycles. The van der Waals surface area contributed by atoms with Crippen molar-refractivity contribution < 1.29 is 0 Å². The predicted octanol–water partition coefficient (Wildman–Crippen LogP) is 2.45. The van der Waals surface area contributed by atoms with Gasteiger partial charge in [-0.25, -0.2) is 9.97 Å². The Kier molecular flexibility index (Phi) is 3.24. The van der Waals surface area contributed by atoms with E-state index in [1.54, 1.807) is 6.07 Å². The van der Waals surface area contributed by atoms with Gasteiger partial charge in [0.25, 0.3) is 0 Å². The van der Waals surface area contributed by atoms with Crippen molar-refractivity contribution in [2.24, 2.45) is 0 Å². The number of rotatable bonds is 3. The fraction of sp³-hybridized carbons (Fsp3) is 0.353. The number of fused-ring (bicyclic) bond motifs is 1. The van der Waals surface area contributed by atoms with Crippen LogP contribution in [0.4, 0.5) is 5.82 Å². The predicted molar refractivity (Wildman–Crippen MR) is 86.4 cm³/mol. The average molecular weight is 291 g/mol. The zero-order valence-electron chi connectivity index (χ0n) is 12.3. The third kappa shape index (κ3) is 2.53. The van der Waals surface area contributed by atoms with Gasteiger partial charge in [-0.1, -0.05) is 6.08 Å². The molecular formula is C17H17N5. The largest absolute Gasteiger partial charge is 0.366 e. The van der Waals surface area contributed by atoms with Gasteiger partial charge in [0, 0.05) is 12.6 Å². The van der Waals surface area contributed by atoms with Crippen LogP contribution < -0.4 is 10.6 Å². The summed E-state index contributed by atoms with van der Waals surface area (Å²) in [6.45, 7) is 1.84. The van der Waals surface area contributed by atoms with Gasteiger partial charge in [-0.3, -0.25) is 0 Å².